The van der Waals surface area contributed by atoms with Gasteiger partial charge in [0, 0.05) is 5.39 Å². The summed E-state index contributed by atoms with van der Waals surface area (Å²) in [7, 11) is 0. The van der Waals surface area contributed by atoms with E-state index in [0.717, 1.165) is 22.2 Å². The van der Waals surface area contributed by atoms with Gasteiger partial charge in [0.1, 0.15) is 18.1 Å². The van der Waals surface area contributed by atoms with E-state index in [4.69, 9.17) is 20.9 Å². The van der Waals surface area contributed by atoms with Crippen LogP contribution in [0.5, 0.6) is 5.75 Å². The van der Waals surface area contributed by atoms with Gasteiger partial charge in [-0.15, -0.1) is 0 Å². The van der Waals surface area contributed by atoms with Crippen molar-refractivity contribution >= 4 is 22.5 Å². The normalized spacial score (nSPS) is 11.1. The lowest BCUT2D eigenvalue weighted by atomic mass is 10.2. The second-order valence-electron chi connectivity index (χ2n) is 5.44. The van der Waals surface area contributed by atoms with E-state index in [2.05, 4.69) is 15.1 Å². The zero-order chi connectivity index (χ0) is 16.5. The maximum atomic E-state index is 6.30. The second-order valence-corrected chi connectivity index (χ2v) is 5.85. The van der Waals surface area contributed by atoms with Gasteiger partial charge in [0.2, 0.25) is 0 Å². The van der Waals surface area contributed by atoms with Crippen LogP contribution >= 0.6 is 11.6 Å². The van der Waals surface area contributed by atoms with E-state index in [1.807, 2.05) is 48.5 Å². The van der Waals surface area contributed by atoms with Crippen molar-refractivity contribution in [3.05, 3.63) is 64.9 Å². The minimum atomic E-state index is 0.425. The van der Waals surface area contributed by atoms with E-state index < -0.39 is 0 Å². The lowest BCUT2D eigenvalue weighted by molar-refractivity contribution is 0.310. The fourth-order valence-corrected chi connectivity index (χ4v) is 2.75. The molecule has 0 atom stereocenters. The van der Waals surface area contributed by atoms with E-state index >= 15 is 0 Å². The average Bonchev–Trinajstić information content (AvgIpc) is 3.22. The number of nitrogens with one attached hydrogen (secondary N) is 1. The largest absolute Gasteiger partial charge is 0.488 e. The number of aromatic nitrogens is 3. The van der Waals surface area contributed by atoms with Gasteiger partial charge in [-0.1, -0.05) is 47.1 Å². The second kappa shape index (κ2) is 6.02. The van der Waals surface area contributed by atoms with Crippen LogP contribution in [-0.4, -0.2) is 15.1 Å². The number of nitrogens with zero attached hydrogens (tertiary/aromatic N) is 2. The monoisotopic (exact) mass is 339 g/mol. The highest BCUT2D eigenvalue weighted by Crippen LogP contribution is 2.34. The Bertz CT molecular complexity index is 992. The van der Waals surface area contributed by atoms with Crippen molar-refractivity contribution in [2.45, 2.75) is 13.5 Å². The van der Waals surface area contributed by atoms with Crippen molar-refractivity contribution in [1.29, 1.82) is 0 Å². The van der Waals surface area contributed by atoms with Crippen LogP contribution in [0.1, 0.15) is 11.4 Å². The van der Waals surface area contributed by atoms with Gasteiger partial charge < -0.3 is 14.2 Å². The van der Waals surface area contributed by atoms with Gasteiger partial charge >= 0.3 is 0 Å². The number of ether oxygens (including phenoxy) is 1. The van der Waals surface area contributed by atoms with Crippen LogP contribution in [0.25, 0.3) is 22.5 Å². The number of benzene rings is 2. The van der Waals surface area contributed by atoms with Gasteiger partial charge in [-0.25, -0.2) is 0 Å². The van der Waals surface area contributed by atoms with Crippen molar-refractivity contribution < 1.29 is 9.26 Å². The Kier molecular flexibility index (Phi) is 3.70. The number of hydrogen-bond donors (Lipinski definition) is 1. The number of H-pyrrole nitrogens is 1. The number of aromatic amines is 1. The maximum absolute atomic E-state index is 6.30. The lowest BCUT2D eigenvalue weighted by Gasteiger charge is -2.08. The van der Waals surface area contributed by atoms with Gasteiger partial charge in [-0.2, -0.15) is 4.98 Å². The number of aryl methyl sites for hydroxylation is 1. The molecule has 0 aliphatic rings. The van der Waals surface area contributed by atoms with Crippen LogP contribution in [0.3, 0.4) is 0 Å². The Labute approximate surface area is 143 Å². The zero-order valence-electron chi connectivity index (χ0n) is 12.9. The highest BCUT2D eigenvalue weighted by molar-refractivity contribution is 6.35. The summed E-state index contributed by atoms with van der Waals surface area (Å²) in [4.78, 5) is 7.46. The molecule has 2 heterocycles. The van der Waals surface area contributed by atoms with Crippen LogP contribution in [0.4, 0.5) is 0 Å². The summed E-state index contributed by atoms with van der Waals surface area (Å²) in [6.45, 7) is 2.26. The maximum Gasteiger partial charge on any atom is 0.274 e. The van der Waals surface area contributed by atoms with Crippen LogP contribution < -0.4 is 4.74 Å². The minimum absolute atomic E-state index is 0.425. The van der Waals surface area contributed by atoms with Gasteiger partial charge in [0.15, 0.2) is 5.82 Å². The molecule has 120 valence electrons. The van der Waals surface area contributed by atoms with E-state index in [-0.39, 0.29) is 0 Å². The predicted octanol–water partition coefficient (Wildman–Crippen LogP) is 4.76. The fourth-order valence-electron chi connectivity index (χ4n) is 2.54. The Morgan fingerprint density at radius 3 is 2.75 bits per heavy atom. The van der Waals surface area contributed by atoms with Crippen molar-refractivity contribution in [3.63, 3.8) is 0 Å². The topological polar surface area (TPSA) is 63.9 Å². The molecule has 24 heavy (non-hydrogen) atoms. The third kappa shape index (κ3) is 2.74. The number of rotatable bonds is 4. The molecular weight excluding hydrogens is 326 g/mol. The summed E-state index contributed by atoms with van der Waals surface area (Å²) in [6.07, 6.45) is 0. The minimum Gasteiger partial charge on any atom is -0.488 e. The van der Waals surface area contributed by atoms with Crippen molar-refractivity contribution in [3.8, 4) is 17.3 Å². The first kappa shape index (κ1) is 14.8. The summed E-state index contributed by atoms with van der Waals surface area (Å²) < 4.78 is 11.2. The fraction of sp³-hybridized carbons (Fsp3) is 0.111. The molecule has 0 saturated heterocycles. The molecule has 4 aromatic rings. The molecule has 5 nitrogen and oxygen atoms in total. The summed E-state index contributed by atoms with van der Waals surface area (Å²) in [5, 5.41) is 5.30. The van der Waals surface area contributed by atoms with Crippen molar-refractivity contribution in [1.82, 2.24) is 15.1 Å². The van der Waals surface area contributed by atoms with Gasteiger partial charge in [0.25, 0.3) is 5.89 Å². The van der Waals surface area contributed by atoms with E-state index in [1.54, 1.807) is 6.92 Å². The molecular formula is C18H14ClN3O2. The van der Waals surface area contributed by atoms with Crippen molar-refractivity contribution in [2.24, 2.45) is 0 Å². The standard InChI is InChI=1S/C18H14ClN3O2/c1-11-20-18(24-22-11)15-9-13-16(8-7-14(19)17(13)21-15)23-10-12-5-3-2-4-6-12/h2-9,21H,10H2,1H3. The molecule has 0 fully saturated rings. The summed E-state index contributed by atoms with van der Waals surface area (Å²) in [5.74, 6) is 1.75. The Hall–Kier alpha value is -2.79. The highest BCUT2D eigenvalue weighted by atomic mass is 35.5. The molecule has 2 aromatic heterocycles. The third-order valence-electron chi connectivity index (χ3n) is 3.70. The molecule has 2 aromatic carbocycles. The number of halogens is 1. The summed E-state index contributed by atoms with van der Waals surface area (Å²) in [6, 6.07) is 15.6. The molecule has 0 amide bonds. The first-order chi connectivity index (χ1) is 11.7. The third-order valence-corrected chi connectivity index (χ3v) is 4.01. The first-order valence-electron chi connectivity index (χ1n) is 7.49. The quantitative estimate of drug-likeness (QED) is 0.582. The Morgan fingerprint density at radius 1 is 1.17 bits per heavy atom. The molecule has 0 saturated carbocycles. The van der Waals surface area contributed by atoms with E-state index in [0.29, 0.717) is 29.0 Å². The predicted molar refractivity (Wildman–Crippen MR) is 92.1 cm³/mol. The molecule has 0 radical (unpaired) electrons. The average molecular weight is 340 g/mol. The van der Waals surface area contributed by atoms with Crippen molar-refractivity contribution in [2.75, 3.05) is 0 Å². The van der Waals surface area contributed by atoms with E-state index in [1.165, 1.54) is 0 Å². The van der Waals surface area contributed by atoms with Gasteiger partial charge in [-0.3, -0.25) is 0 Å². The molecule has 0 bridgehead atoms. The number of hydrogen-bond acceptors (Lipinski definition) is 4. The molecule has 4 rings (SSSR count). The molecule has 0 aliphatic carbocycles. The zero-order valence-corrected chi connectivity index (χ0v) is 13.7. The van der Waals surface area contributed by atoms with Crippen LogP contribution in [0.15, 0.2) is 53.1 Å². The summed E-state index contributed by atoms with van der Waals surface area (Å²) in [5.41, 5.74) is 2.60. The Morgan fingerprint density at radius 2 is 2.00 bits per heavy atom. The van der Waals surface area contributed by atoms with Crippen LogP contribution in [0, 0.1) is 6.92 Å². The van der Waals surface area contributed by atoms with Crippen LogP contribution in [0.2, 0.25) is 5.02 Å². The van der Waals surface area contributed by atoms with Gasteiger partial charge in [-0.05, 0) is 30.7 Å². The van der Waals surface area contributed by atoms with Gasteiger partial charge in [0.05, 0.1) is 10.5 Å². The molecule has 0 unspecified atom stereocenters. The number of fused-ring (bicyclic) bond motifs is 1. The molecule has 1 N–H and O–H groups in total. The first-order valence-corrected chi connectivity index (χ1v) is 7.87. The SMILES string of the molecule is Cc1noc(-c2cc3c(OCc4ccccc4)ccc(Cl)c3[nH]2)n1. The summed E-state index contributed by atoms with van der Waals surface area (Å²) >= 11 is 6.30. The molecule has 6 heteroatoms. The molecule has 0 aliphatic heterocycles. The molecule has 0 spiro atoms. The van der Waals surface area contributed by atoms with E-state index in [9.17, 15) is 0 Å². The van der Waals surface area contributed by atoms with Crippen LogP contribution in [-0.2, 0) is 6.61 Å². The smallest absolute Gasteiger partial charge is 0.274 e. The highest BCUT2D eigenvalue weighted by Gasteiger charge is 2.15. The Balaban J connectivity index is 1.71. The lowest BCUT2D eigenvalue weighted by Crippen LogP contribution is -1.95.